The van der Waals surface area contributed by atoms with Crippen LogP contribution in [0.3, 0.4) is 0 Å². The number of aliphatic hydroxyl groups excluding tert-OH is 1. The molecule has 3 heterocycles. The Morgan fingerprint density at radius 3 is 2.77 bits per heavy atom. The van der Waals surface area contributed by atoms with Crippen LogP contribution < -0.4 is 4.90 Å². The van der Waals surface area contributed by atoms with Crippen molar-refractivity contribution in [2.45, 2.75) is 38.6 Å². The van der Waals surface area contributed by atoms with Gasteiger partial charge in [-0.25, -0.2) is 14.4 Å². The van der Waals surface area contributed by atoms with E-state index in [0.717, 1.165) is 38.0 Å². The van der Waals surface area contributed by atoms with Gasteiger partial charge in [0, 0.05) is 42.1 Å². The molecule has 2 aliphatic rings. The van der Waals surface area contributed by atoms with Gasteiger partial charge in [0.05, 0.1) is 32.0 Å². The number of rotatable bonds is 9. The molecule has 166 valence electrons. The number of hydrogen-bond donors (Lipinski definition) is 1. The molecule has 0 radical (unpaired) electrons. The van der Waals surface area contributed by atoms with Crippen molar-refractivity contribution < 1.29 is 23.8 Å². The molecule has 0 aliphatic carbocycles. The minimum absolute atomic E-state index is 0.0678. The van der Waals surface area contributed by atoms with Gasteiger partial charge >= 0.3 is 0 Å². The Bertz CT molecular complexity index is 880. The third-order valence-corrected chi connectivity index (χ3v) is 5.24. The molecule has 2 aliphatic heterocycles. The third kappa shape index (κ3) is 5.55. The molecule has 4 rings (SSSR count). The maximum absolute atomic E-state index is 14.4. The second-order valence-electron chi connectivity index (χ2n) is 7.58. The molecule has 1 aromatic carbocycles. The summed E-state index contributed by atoms with van der Waals surface area (Å²) in [5.74, 6) is 0.107. The van der Waals surface area contributed by atoms with E-state index < -0.39 is 5.82 Å². The van der Waals surface area contributed by atoms with Crippen LogP contribution in [0.5, 0.6) is 0 Å². The zero-order valence-corrected chi connectivity index (χ0v) is 17.4. The van der Waals surface area contributed by atoms with Crippen molar-refractivity contribution in [1.82, 2.24) is 9.97 Å². The molecule has 0 bridgehead atoms. The van der Waals surface area contributed by atoms with Crippen LogP contribution in [-0.4, -0.2) is 60.0 Å². The molecule has 0 saturated carbocycles. The van der Waals surface area contributed by atoms with Crippen LogP contribution in [0, 0.1) is 5.82 Å². The average molecular weight is 430 g/mol. The molecule has 1 atom stereocenters. The van der Waals surface area contributed by atoms with Gasteiger partial charge in [-0.1, -0.05) is 23.4 Å². The summed E-state index contributed by atoms with van der Waals surface area (Å²) in [7, 11) is 0. The minimum Gasteiger partial charge on any atom is -0.396 e. The van der Waals surface area contributed by atoms with Gasteiger partial charge in [-0.2, -0.15) is 0 Å². The van der Waals surface area contributed by atoms with Gasteiger partial charge in [0.25, 0.3) is 0 Å². The Balaban J connectivity index is 1.18. The maximum Gasteiger partial charge on any atom is 0.225 e. The minimum atomic E-state index is -0.450. The van der Waals surface area contributed by atoms with Crippen molar-refractivity contribution in [3.63, 3.8) is 0 Å². The van der Waals surface area contributed by atoms with Crippen molar-refractivity contribution >= 4 is 11.7 Å². The monoisotopic (exact) mass is 430 g/mol. The van der Waals surface area contributed by atoms with Crippen LogP contribution in [0.4, 0.5) is 10.3 Å². The summed E-state index contributed by atoms with van der Waals surface area (Å²) in [6, 6.07) is 4.90. The summed E-state index contributed by atoms with van der Waals surface area (Å²) < 4.78 is 25.5. The molecular formula is C22H27FN4O4. The number of ether oxygens (including phenoxy) is 2. The molecule has 0 spiro atoms. The Kier molecular flexibility index (Phi) is 7.39. The lowest BCUT2D eigenvalue weighted by Gasteiger charge is -2.31. The summed E-state index contributed by atoms with van der Waals surface area (Å²) in [6.07, 6.45) is 7.11. The molecule has 2 fully saturated rings. The summed E-state index contributed by atoms with van der Waals surface area (Å²) in [6.45, 7) is 2.73. The van der Waals surface area contributed by atoms with Crippen molar-refractivity contribution in [3.05, 3.63) is 42.0 Å². The quantitative estimate of drug-likeness (QED) is 0.483. The van der Waals surface area contributed by atoms with Crippen LogP contribution in [0.25, 0.3) is 11.1 Å². The lowest BCUT2D eigenvalue weighted by atomic mass is 10.1. The molecule has 31 heavy (non-hydrogen) atoms. The van der Waals surface area contributed by atoms with Gasteiger partial charge in [-0.05, 0) is 19.3 Å². The van der Waals surface area contributed by atoms with E-state index in [1.807, 2.05) is 4.90 Å². The molecule has 2 saturated heterocycles. The third-order valence-electron chi connectivity index (χ3n) is 5.24. The van der Waals surface area contributed by atoms with Crippen LogP contribution >= 0.6 is 0 Å². The Morgan fingerprint density at radius 1 is 1.19 bits per heavy atom. The first-order valence-corrected chi connectivity index (χ1v) is 10.6. The fourth-order valence-corrected chi connectivity index (χ4v) is 3.46. The number of aliphatic hydroxyl groups is 1. The fraction of sp³-hybridized carbons (Fsp3) is 0.500. The molecule has 0 amide bonds. The number of halogens is 1. The lowest BCUT2D eigenvalue weighted by molar-refractivity contribution is -0.164. The number of hydrogen-bond acceptors (Lipinski definition) is 8. The second kappa shape index (κ2) is 10.6. The summed E-state index contributed by atoms with van der Waals surface area (Å²) in [5.41, 5.74) is 2.11. The first kappa shape index (κ1) is 21.6. The number of nitrogens with zero attached hydrogens (tertiary/aromatic N) is 4. The van der Waals surface area contributed by atoms with E-state index in [-0.39, 0.29) is 18.5 Å². The zero-order valence-electron chi connectivity index (χ0n) is 17.4. The van der Waals surface area contributed by atoms with Crippen molar-refractivity contribution in [1.29, 1.82) is 0 Å². The van der Waals surface area contributed by atoms with Gasteiger partial charge in [0.1, 0.15) is 12.4 Å². The normalized spacial score (nSPS) is 18.6. The highest BCUT2D eigenvalue weighted by Crippen LogP contribution is 2.25. The van der Waals surface area contributed by atoms with Crippen molar-refractivity contribution in [3.8, 4) is 11.1 Å². The first-order valence-electron chi connectivity index (χ1n) is 10.6. The molecule has 1 N–H and O–H groups in total. The highest BCUT2D eigenvalue weighted by atomic mass is 19.1. The highest BCUT2D eigenvalue weighted by Gasteiger charge is 2.25. The molecule has 1 unspecified atom stereocenters. The Labute approximate surface area is 180 Å². The number of oxime groups is 1. The Morgan fingerprint density at radius 2 is 2.03 bits per heavy atom. The van der Waals surface area contributed by atoms with E-state index in [1.54, 1.807) is 30.6 Å². The summed E-state index contributed by atoms with van der Waals surface area (Å²) in [5, 5.41) is 13.4. The van der Waals surface area contributed by atoms with Crippen LogP contribution in [0.15, 0.2) is 35.7 Å². The van der Waals surface area contributed by atoms with Crippen molar-refractivity contribution in [2.24, 2.45) is 5.16 Å². The molecular weight excluding hydrogens is 403 g/mol. The van der Waals surface area contributed by atoms with Gasteiger partial charge < -0.3 is 24.3 Å². The summed E-state index contributed by atoms with van der Waals surface area (Å²) >= 11 is 0. The van der Waals surface area contributed by atoms with E-state index in [1.165, 1.54) is 0 Å². The molecule has 1 aromatic heterocycles. The van der Waals surface area contributed by atoms with E-state index in [0.29, 0.717) is 43.4 Å². The van der Waals surface area contributed by atoms with Crippen molar-refractivity contribution in [2.75, 3.05) is 37.8 Å². The molecule has 8 nitrogen and oxygen atoms in total. The standard InChI is InChI=1S/C22H27FN4O4/c23-21-16(15-28)5-3-6-19(21)17-11-24-22(25-12-17)27-13-18(14-27)26-31-10-4-9-30-20-7-1-2-8-29-20/h3,5-6,11-12,20,28H,1-2,4,7-10,13-15H2. The van der Waals surface area contributed by atoms with E-state index in [2.05, 4.69) is 15.1 Å². The fourth-order valence-electron chi connectivity index (χ4n) is 3.46. The van der Waals surface area contributed by atoms with Gasteiger partial charge in [-0.3, -0.25) is 0 Å². The summed E-state index contributed by atoms with van der Waals surface area (Å²) in [4.78, 5) is 16.0. The zero-order chi connectivity index (χ0) is 21.5. The predicted molar refractivity (Wildman–Crippen MR) is 113 cm³/mol. The lowest BCUT2D eigenvalue weighted by Crippen LogP contribution is -2.48. The van der Waals surface area contributed by atoms with Gasteiger partial charge in [0.15, 0.2) is 6.29 Å². The SMILES string of the molecule is OCc1cccc(-c2cnc(N3CC(=NOCCCOC4CCCCO4)C3)nc2)c1F. The Hall–Kier alpha value is -2.62. The number of benzene rings is 1. The number of anilines is 1. The van der Waals surface area contributed by atoms with Crippen LogP contribution in [0.2, 0.25) is 0 Å². The van der Waals surface area contributed by atoms with Crippen LogP contribution in [0.1, 0.15) is 31.2 Å². The molecule has 9 heteroatoms. The molecule has 2 aromatic rings. The average Bonchev–Trinajstić information content (AvgIpc) is 2.78. The predicted octanol–water partition coefficient (Wildman–Crippen LogP) is 2.90. The first-order chi connectivity index (χ1) is 15.2. The van der Waals surface area contributed by atoms with Gasteiger partial charge in [-0.15, -0.1) is 0 Å². The number of aromatic nitrogens is 2. The largest absolute Gasteiger partial charge is 0.396 e. The second-order valence-corrected chi connectivity index (χ2v) is 7.58. The van der Waals surface area contributed by atoms with Crippen LogP contribution in [-0.2, 0) is 20.9 Å². The van der Waals surface area contributed by atoms with E-state index in [4.69, 9.17) is 14.3 Å². The van der Waals surface area contributed by atoms with Gasteiger partial charge in [0.2, 0.25) is 5.95 Å². The van der Waals surface area contributed by atoms with E-state index >= 15 is 0 Å². The smallest absolute Gasteiger partial charge is 0.225 e. The maximum atomic E-state index is 14.4. The highest BCUT2D eigenvalue weighted by molar-refractivity contribution is 5.98. The van der Waals surface area contributed by atoms with E-state index in [9.17, 15) is 9.50 Å². The topological polar surface area (TPSA) is 89.3 Å².